The molecular weight excluding hydrogens is 265 g/mol. The Kier molecular flexibility index (Phi) is 5.71. The van der Waals surface area contributed by atoms with E-state index in [4.69, 9.17) is 33.5 Å². The van der Waals surface area contributed by atoms with Crippen LogP contribution in [-0.2, 0) is 4.79 Å². The molecule has 0 spiro atoms. The van der Waals surface area contributed by atoms with E-state index in [9.17, 15) is 4.79 Å². The van der Waals surface area contributed by atoms with Gasteiger partial charge in [-0.05, 0) is 30.0 Å². The summed E-state index contributed by atoms with van der Waals surface area (Å²) in [5.74, 6) is -0.772. The number of amides is 1. The molecule has 0 fully saturated rings. The maximum absolute atomic E-state index is 11.1. The van der Waals surface area contributed by atoms with E-state index in [0.717, 1.165) is 5.56 Å². The molecule has 6 heteroatoms. The molecule has 0 unspecified atom stereocenters. The monoisotopic (exact) mass is 277 g/mol. The largest absolute Gasteiger partial charge is 0.396 e. The maximum Gasteiger partial charge on any atom is 0.243 e. The molecule has 0 saturated carbocycles. The van der Waals surface area contributed by atoms with Crippen LogP contribution in [0, 0.1) is 0 Å². The highest BCUT2D eigenvalue weighted by Gasteiger charge is 2.18. The van der Waals surface area contributed by atoms with Gasteiger partial charge in [0.2, 0.25) is 5.91 Å². The molecule has 0 radical (unpaired) electrons. The second-order valence-corrected chi connectivity index (χ2v) is 4.46. The second-order valence-electron chi connectivity index (χ2n) is 3.61. The SMILES string of the molecule is O=C(C[C@@H](CCO)c1ccc(Cl)cc1Cl)NO. The fourth-order valence-corrected chi connectivity index (χ4v) is 2.19. The van der Waals surface area contributed by atoms with Gasteiger partial charge in [0.15, 0.2) is 0 Å². The molecule has 3 N–H and O–H groups in total. The van der Waals surface area contributed by atoms with E-state index in [2.05, 4.69) is 0 Å². The quantitative estimate of drug-likeness (QED) is 0.572. The topological polar surface area (TPSA) is 69.6 Å². The van der Waals surface area contributed by atoms with Crippen LogP contribution in [0.15, 0.2) is 18.2 Å². The van der Waals surface area contributed by atoms with E-state index in [-0.39, 0.29) is 18.9 Å². The molecule has 4 nitrogen and oxygen atoms in total. The van der Waals surface area contributed by atoms with E-state index < -0.39 is 5.91 Å². The summed E-state index contributed by atoms with van der Waals surface area (Å²) in [6.45, 7) is -0.0671. The second kappa shape index (κ2) is 6.81. The molecule has 0 saturated heterocycles. The molecule has 94 valence electrons. The molecule has 1 aromatic carbocycles. The molecule has 17 heavy (non-hydrogen) atoms. The number of rotatable bonds is 5. The summed E-state index contributed by atoms with van der Waals surface area (Å²) in [5.41, 5.74) is 2.30. The number of hydroxylamine groups is 1. The molecule has 0 heterocycles. The van der Waals surface area contributed by atoms with Crippen LogP contribution >= 0.6 is 23.2 Å². The molecule has 1 aromatic rings. The molecule has 0 aliphatic heterocycles. The highest BCUT2D eigenvalue weighted by Crippen LogP contribution is 2.31. The van der Waals surface area contributed by atoms with Crippen molar-refractivity contribution >= 4 is 29.1 Å². The van der Waals surface area contributed by atoms with Gasteiger partial charge in [0.1, 0.15) is 0 Å². The van der Waals surface area contributed by atoms with Crippen LogP contribution < -0.4 is 5.48 Å². The number of nitrogens with one attached hydrogen (secondary N) is 1. The van der Waals surface area contributed by atoms with Crippen molar-refractivity contribution in [2.45, 2.75) is 18.8 Å². The first-order chi connectivity index (χ1) is 8.08. The van der Waals surface area contributed by atoms with Gasteiger partial charge in [-0.25, -0.2) is 5.48 Å². The molecule has 1 atom stereocenters. The third kappa shape index (κ3) is 4.16. The zero-order chi connectivity index (χ0) is 12.8. The summed E-state index contributed by atoms with van der Waals surface area (Å²) >= 11 is 11.8. The highest BCUT2D eigenvalue weighted by atomic mass is 35.5. The van der Waals surface area contributed by atoms with E-state index >= 15 is 0 Å². The predicted octanol–water partition coefficient (Wildman–Crippen LogP) is 2.35. The van der Waals surface area contributed by atoms with Crippen molar-refractivity contribution in [2.24, 2.45) is 0 Å². The fraction of sp³-hybridized carbons (Fsp3) is 0.364. The summed E-state index contributed by atoms with van der Waals surface area (Å²) in [6.07, 6.45) is 0.438. The van der Waals surface area contributed by atoms with Gasteiger partial charge in [-0.1, -0.05) is 29.3 Å². The minimum Gasteiger partial charge on any atom is -0.396 e. The summed E-state index contributed by atoms with van der Waals surface area (Å²) in [4.78, 5) is 11.1. The van der Waals surface area contributed by atoms with E-state index in [1.165, 1.54) is 0 Å². The fourth-order valence-electron chi connectivity index (χ4n) is 1.63. The van der Waals surface area contributed by atoms with Crippen molar-refractivity contribution in [3.8, 4) is 0 Å². The molecule has 0 aromatic heterocycles. The number of hydrogen-bond donors (Lipinski definition) is 3. The number of benzene rings is 1. The molecule has 0 aliphatic carbocycles. The molecular formula is C11H13Cl2NO3. The number of aliphatic hydroxyl groups is 1. The lowest BCUT2D eigenvalue weighted by Gasteiger charge is -2.16. The van der Waals surface area contributed by atoms with Gasteiger partial charge in [0.05, 0.1) is 0 Å². The van der Waals surface area contributed by atoms with Crippen LogP contribution in [-0.4, -0.2) is 22.8 Å². The zero-order valence-corrected chi connectivity index (χ0v) is 10.5. The molecule has 0 aliphatic rings. The van der Waals surface area contributed by atoms with Crippen LogP contribution in [0.1, 0.15) is 24.3 Å². The van der Waals surface area contributed by atoms with Crippen molar-refractivity contribution in [1.29, 1.82) is 0 Å². The number of carbonyl (C=O) groups is 1. The van der Waals surface area contributed by atoms with E-state index in [1.807, 2.05) is 0 Å². The summed E-state index contributed by atoms with van der Waals surface area (Å²) in [6, 6.07) is 4.97. The van der Waals surface area contributed by atoms with Gasteiger partial charge in [0.25, 0.3) is 0 Å². The van der Waals surface area contributed by atoms with Crippen molar-refractivity contribution < 1.29 is 15.1 Å². The van der Waals surface area contributed by atoms with Crippen LogP contribution in [0.4, 0.5) is 0 Å². The Balaban J connectivity index is 2.92. The van der Waals surface area contributed by atoms with Crippen LogP contribution in [0.3, 0.4) is 0 Å². The minimum absolute atomic E-state index is 0.0540. The molecule has 0 bridgehead atoms. The molecule has 1 rings (SSSR count). The van der Waals surface area contributed by atoms with E-state index in [1.54, 1.807) is 23.7 Å². The average Bonchev–Trinajstić information content (AvgIpc) is 2.28. The first-order valence-corrected chi connectivity index (χ1v) is 5.82. The van der Waals surface area contributed by atoms with Crippen LogP contribution in [0.25, 0.3) is 0 Å². The van der Waals surface area contributed by atoms with Gasteiger partial charge in [-0.2, -0.15) is 0 Å². The Bertz CT molecular complexity index is 398. The van der Waals surface area contributed by atoms with Gasteiger partial charge < -0.3 is 5.11 Å². The van der Waals surface area contributed by atoms with Crippen molar-refractivity contribution in [3.63, 3.8) is 0 Å². The maximum atomic E-state index is 11.1. The first kappa shape index (κ1) is 14.3. The van der Waals surface area contributed by atoms with E-state index in [0.29, 0.717) is 16.5 Å². The minimum atomic E-state index is -0.519. The Hall–Kier alpha value is -0.810. The van der Waals surface area contributed by atoms with Crippen molar-refractivity contribution in [3.05, 3.63) is 33.8 Å². The number of carbonyl (C=O) groups excluding carboxylic acids is 1. The Morgan fingerprint density at radius 1 is 1.41 bits per heavy atom. The normalized spacial score (nSPS) is 12.2. The van der Waals surface area contributed by atoms with Crippen molar-refractivity contribution in [2.75, 3.05) is 6.61 Å². The molecule has 1 amide bonds. The number of hydrogen-bond acceptors (Lipinski definition) is 3. The third-order valence-electron chi connectivity index (χ3n) is 2.44. The Morgan fingerprint density at radius 2 is 2.12 bits per heavy atom. The standard InChI is InChI=1S/C11H13Cl2NO3/c12-8-1-2-9(10(13)6-8)7(3-4-15)5-11(16)14-17/h1-2,6-7,15,17H,3-5H2,(H,14,16)/t7-/m1/s1. The summed E-state index contributed by atoms with van der Waals surface area (Å²) in [5, 5.41) is 18.4. The average molecular weight is 278 g/mol. The smallest absolute Gasteiger partial charge is 0.243 e. The predicted molar refractivity (Wildman–Crippen MR) is 65.5 cm³/mol. The van der Waals surface area contributed by atoms with Gasteiger partial charge in [-0.3, -0.25) is 10.0 Å². The van der Waals surface area contributed by atoms with Gasteiger partial charge in [-0.15, -0.1) is 0 Å². The lowest BCUT2D eigenvalue weighted by Crippen LogP contribution is -2.21. The third-order valence-corrected chi connectivity index (χ3v) is 3.00. The van der Waals surface area contributed by atoms with Crippen molar-refractivity contribution in [1.82, 2.24) is 5.48 Å². The number of aliphatic hydroxyl groups excluding tert-OH is 1. The Labute approximate surface area is 109 Å². The van der Waals surface area contributed by atoms with Crippen LogP contribution in [0.2, 0.25) is 10.0 Å². The van der Waals surface area contributed by atoms with Gasteiger partial charge in [0, 0.05) is 23.1 Å². The Morgan fingerprint density at radius 3 is 2.65 bits per heavy atom. The summed E-state index contributed by atoms with van der Waals surface area (Å²) in [7, 11) is 0. The number of halogens is 2. The lowest BCUT2D eigenvalue weighted by atomic mass is 9.92. The van der Waals surface area contributed by atoms with Crippen LogP contribution in [0.5, 0.6) is 0 Å². The van der Waals surface area contributed by atoms with Gasteiger partial charge >= 0.3 is 0 Å². The lowest BCUT2D eigenvalue weighted by molar-refractivity contribution is -0.129. The zero-order valence-electron chi connectivity index (χ0n) is 8.99. The highest BCUT2D eigenvalue weighted by molar-refractivity contribution is 6.35. The first-order valence-electron chi connectivity index (χ1n) is 5.07. The summed E-state index contributed by atoms with van der Waals surface area (Å²) < 4.78 is 0.